The molecule has 3 saturated heterocycles. The molecule has 0 saturated carbocycles. The van der Waals surface area contributed by atoms with E-state index in [0.29, 0.717) is 12.0 Å². The van der Waals surface area contributed by atoms with Crippen molar-refractivity contribution in [3.05, 3.63) is 0 Å². The zero-order chi connectivity index (χ0) is 13.3. The summed E-state index contributed by atoms with van der Waals surface area (Å²) >= 11 is 2.04. The number of ether oxygens (including phenoxy) is 1. The highest BCUT2D eigenvalue weighted by Crippen LogP contribution is 2.40. The molecule has 1 spiro atoms. The number of oxime groups is 1. The predicted octanol–water partition coefficient (Wildman–Crippen LogP) is 2.21. The van der Waals surface area contributed by atoms with Gasteiger partial charge in [0, 0.05) is 43.8 Å². The fourth-order valence-electron chi connectivity index (χ4n) is 3.71. The standard InChI is InChI=1S/C14H24N2O2S/c1-11-9-16(5-2-13(11)15-17)12-3-6-18-14(8-12)4-7-19-10-14/h11-12,17H,2-10H2,1H3. The summed E-state index contributed by atoms with van der Waals surface area (Å²) in [5.41, 5.74) is 1.14. The van der Waals surface area contributed by atoms with Crippen molar-refractivity contribution >= 4 is 17.5 Å². The SMILES string of the molecule is CC1CN(C2CCOC3(CCSC3)C2)CCC1=NO. The maximum absolute atomic E-state index is 8.97. The van der Waals surface area contributed by atoms with Crippen molar-refractivity contribution in [1.82, 2.24) is 4.90 Å². The molecule has 3 rings (SSSR count). The molecule has 0 aromatic carbocycles. The van der Waals surface area contributed by atoms with Gasteiger partial charge in [-0.3, -0.25) is 4.90 Å². The number of thioether (sulfide) groups is 1. The Morgan fingerprint density at radius 2 is 2.42 bits per heavy atom. The number of nitrogens with zero attached hydrogens (tertiary/aromatic N) is 2. The van der Waals surface area contributed by atoms with Crippen LogP contribution in [0.15, 0.2) is 5.16 Å². The molecule has 3 atom stereocenters. The van der Waals surface area contributed by atoms with E-state index < -0.39 is 0 Å². The molecule has 3 heterocycles. The van der Waals surface area contributed by atoms with Crippen molar-refractivity contribution in [3.8, 4) is 0 Å². The summed E-state index contributed by atoms with van der Waals surface area (Å²) in [4.78, 5) is 2.60. The number of hydrogen-bond donors (Lipinski definition) is 1. The highest BCUT2D eigenvalue weighted by molar-refractivity contribution is 7.99. The molecule has 0 bridgehead atoms. The average Bonchev–Trinajstić information content (AvgIpc) is 2.86. The Balaban J connectivity index is 1.63. The van der Waals surface area contributed by atoms with Crippen molar-refractivity contribution in [2.24, 2.45) is 11.1 Å². The van der Waals surface area contributed by atoms with Crippen molar-refractivity contribution in [2.75, 3.05) is 31.2 Å². The Hall–Kier alpha value is -0.260. The number of likely N-dealkylation sites (tertiary alicyclic amines) is 1. The van der Waals surface area contributed by atoms with Crippen LogP contribution in [-0.4, -0.2) is 58.7 Å². The van der Waals surface area contributed by atoms with Crippen LogP contribution in [0.2, 0.25) is 0 Å². The number of rotatable bonds is 1. The van der Waals surface area contributed by atoms with Gasteiger partial charge in [-0.25, -0.2) is 0 Å². The molecule has 3 fully saturated rings. The summed E-state index contributed by atoms with van der Waals surface area (Å²) in [6.07, 6.45) is 4.49. The Morgan fingerprint density at radius 3 is 3.11 bits per heavy atom. The van der Waals surface area contributed by atoms with E-state index in [1.807, 2.05) is 11.8 Å². The van der Waals surface area contributed by atoms with Crippen LogP contribution in [0.5, 0.6) is 0 Å². The Bertz CT molecular complexity index is 355. The molecule has 3 aliphatic heterocycles. The lowest BCUT2D eigenvalue weighted by atomic mass is 9.87. The lowest BCUT2D eigenvalue weighted by molar-refractivity contribution is -0.0908. The zero-order valence-corrected chi connectivity index (χ0v) is 12.5. The average molecular weight is 284 g/mol. The monoisotopic (exact) mass is 284 g/mol. The molecule has 0 aromatic heterocycles. The van der Waals surface area contributed by atoms with Crippen molar-refractivity contribution in [3.63, 3.8) is 0 Å². The van der Waals surface area contributed by atoms with E-state index in [1.54, 1.807) is 0 Å². The first-order valence-electron chi connectivity index (χ1n) is 7.39. The highest BCUT2D eigenvalue weighted by atomic mass is 32.2. The minimum Gasteiger partial charge on any atom is -0.411 e. The molecule has 0 amide bonds. The van der Waals surface area contributed by atoms with E-state index in [0.717, 1.165) is 38.2 Å². The second kappa shape index (κ2) is 5.62. The molecule has 0 aromatic rings. The van der Waals surface area contributed by atoms with Gasteiger partial charge >= 0.3 is 0 Å². The molecular weight excluding hydrogens is 260 g/mol. The van der Waals surface area contributed by atoms with Gasteiger partial charge in [0.25, 0.3) is 0 Å². The third kappa shape index (κ3) is 2.78. The fraction of sp³-hybridized carbons (Fsp3) is 0.929. The topological polar surface area (TPSA) is 45.1 Å². The third-order valence-corrected chi connectivity index (χ3v) is 6.13. The van der Waals surface area contributed by atoms with Gasteiger partial charge in [0.2, 0.25) is 0 Å². The lowest BCUT2D eigenvalue weighted by Gasteiger charge is -2.45. The van der Waals surface area contributed by atoms with E-state index >= 15 is 0 Å². The molecule has 3 unspecified atom stereocenters. The lowest BCUT2D eigenvalue weighted by Crippen LogP contribution is -2.52. The molecular formula is C14H24N2O2S. The third-order valence-electron chi connectivity index (χ3n) is 4.91. The summed E-state index contributed by atoms with van der Waals surface area (Å²) in [6.45, 7) is 5.16. The highest BCUT2D eigenvalue weighted by Gasteiger charge is 2.42. The molecule has 108 valence electrons. The van der Waals surface area contributed by atoms with Crippen LogP contribution in [0.25, 0.3) is 0 Å². The van der Waals surface area contributed by atoms with E-state index in [2.05, 4.69) is 17.0 Å². The molecule has 5 heteroatoms. The normalized spacial score (nSPS) is 43.1. The molecule has 1 N–H and O–H groups in total. The Kier molecular flexibility index (Phi) is 4.06. The van der Waals surface area contributed by atoms with Crippen LogP contribution in [0.3, 0.4) is 0 Å². The van der Waals surface area contributed by atoms with Crippen molar-refractivity contribution in [1.29, 1.82) is 0 Å². The summed E-state index contributed by atoms with van der Waals surface area (Å²) in [5.74, 6) is 2.82. The zero-order valence-electron chi connectivity index (χ0n) is 11.7. The first-order valence-corrected chi connectivity index (χ1v) is 8.54. The van der Waals surface area contributed by atoms with Gasteiger partial charge in [-0.2, -0.15) is 11.8 Å². The van der Waals surface area contributed by atoms with Crippen molar-refractivity contribution < 1.29 is 9.94 Å². The quantitative estimate of drug-likeness (QED) is 0.592. The maximum Gasteiger partial charge on any atom is 0.0795 e. The summed E-state index contributed by atoms with van der Waals surface area (Å²) in [7, 11) is 0. The van der Waals surface area contributed by atoms with Gasteiger partial charge < -0.3 is 9.94 Å². The van der Waals surface area contributed by atoms with Crippen LogP contribution < -0.4 is 0 Å². The summed E-state index contributed by atoms with van der Waals surface area (Å²) in [6, 6.07) is 0.662. The van der Waals surface area contributed by atoms with Crippen LogP contribution in [0.1, 0.15) is 32.6 Å². The van der Waals surface area contributed by atoms with Gasteiger partial charge in [-0.05, 0) is 25.0 Å². The van der Waals surface area contributed by atoms with Gasteiger partial charge in [0.05, 0.1) is 11.3 Å². The summed E-state index contributed by atoms with van der Waals surface area (Å²) in [5, 5.41) is 12.4. The van der Waals surface area contributed by atoms with Gasteiger partial charge in [-0.1, -0.05) is 12.1 Å². The van der Waals surface area contributed by atoms with E-state index in [1.165, 1.54) is 24.3 Å². The number of piperidine rings is 1. The molecule has 0 aliphatic carbocycles. The molecule has 4 nitrogen and oxygen atoms in total. The van der Waals surface area contributed by atoms with Crippen LogP contribution in [0.4, 0.5) is 0 Å². The van der Waals surface area contributed by atoms with Gasteiger partial charge in [0.15, 0.2) is 0 Å². The smallest absolute Gasteiger partial charge is 0.0795 e. The minimum atomic E-state index is 0.169. The van der Waals surface area contributed by atoms with Crippen LogP contribution >= 0.6 is 11.8 Å². The Labute approximate surface area is 119 Å². The van der Waals surface area contributed by atoms with Gasteiger partial charge in [-0.15, -0.1) is 0 Å². The second-order valence-corrected chi connectivity index (χ2v) is 7.32. The van der Waals surface area contributed by atoms with E-state index in [9.17, 15) is 0 Å². The van der Waals surface area contributed by atoms with E-state index in [-0.39, 0.29) is 5.60 Å². The first-order chi connectivity index (χ1) is 9.22. The van der Waals surface area contributed by atoms with Gasteiger partial charge in [0.1, 0.15) is 0 Å². The maximum atomic E-state index is 8.97. The Morgan fingerprint density at radius 1 is 1.53 bits per heavy atom. The molecule has 0 radical (unpaired) electrons. The van der Waals surface area contributed by atoms with E-state index in [4.69, 9.17) is 9.94 Å². The summed E-state index contributed by atoms with van der Waals surface area (Å²) < 4.78 is 6.11. The molecule has 19 heavy (non-hydrogen) atoms. The minimum absolute atomic E-state index is 0.169. The predicted molar refractivity (Wildman–Crippen MR) is 78.2 cm³/mol. The number of hydrogen-bond acceptors (Lipinski definition) is 5. The van der Waals surface area contributed by atoms with Crippen molar-refractivity contribution in [2.45, 2.75) is 44.2 Å². The first kappa shape index (κ1) is 13.7. The second-order valence-electron chi connectivity index (χ2n) is 6.22. The van der Waals surface area contributed by atoms with Crippen LogP contribution in [-0.2, 0) is 4.74 Å². The fourth-order valence-corrected chi connectivity index (χ4v) is 5.09. The largest absolute Gasteiger partial charge is 0.411 e. The van der Waals surface area contributed by atoms with Crippen LogP contribution in [0, 0.1) is 5.92 Å². The molecule has 3 aliphatic rings.